The van der Waals surface area contributed by atoms with Gasteiger partial charge in [-0.15, -0.1) is 0 Å². The van der Waals surface area contributed by atoms with Gasteiger partial charge in [-0.2, -0.15) is 0 Å². The summed E-state index contributed by atoms with van der Waals surface area (Å²) >= 11 is 3.30. The number of hydrogen-bond acceptors (Lipinski definition) is 2. The van der Waals surface area contributed by atoms with Crippen LogP contribution in [0.3, 0.4) is 0 Å². The smallest absolute Gasteiger partial charge is 0.165 e. The predicted octanol–water partition coefficient (Wildman–Crippen LogP) is 3.10. The van der Waals surface area contributed by atoms with Gasteiger partial charge in [0.05, 0.1) is 6.61 Å². The molecular weight excluding hydrogens is 273 g/mol. The van der Waals surface area contributed by atoms with Crippen LogP contribution in [-0.4, -0.2) is 13.2 Å². The van der Waals surface area contributed by atoms with E-state index in [1.807, 2.05) is 0 Å². The van der Waals surface area contributed by atoms with Gasteiger partial charge in [0, 0.05) is 9.89 Å². The van der Waals surface area contributed by atoms with Gasteiger partial charge in [0.2, 0.25) is 0 Å². The van der Waals surface area contributed by atoms with Crippen molar-refractivity contribution in [2.75, 3.05) is 13.2 Å². The molecule has 0 unspecified atom stereocenters. The summed E-state index contributed by atoms with van der Waals surface area (Å²) in [5.74, 6) is 0.00409. The first-order valence-electron chi connectivity index (χ1n) is 5.43. The molecule has 1 fully saturated rings. The molecule has 1 aliphatic rings. The molecule has 0 aromatic heterocycles. The second-order valence-corrected chi connectivity index (χ2v) is 5.32. The minimum Gasteiger partial charge on any atom is -0.490 e. The molecule has 2 N–H and O–H groups in total. The molecule has 0 spiro atoms. The van der Waals surface area contributed by atoms with Gasteiger partial charge < -0.3 is 10.5 Å². The fourth-order valence-corrected chi connectivity index (χ4v) is 2.11. The lowest BCUT2D eigenvalue weighted by Gasteiger charge is -2.15. The van der Waals surface area contributed by atoms with Crippen LogP contribution in [-0.2, 0) is 0 Å². The maximum Gasteiger partial charge on any atom is 0.165 e. The number of ether oxygens (including phenoxy) is 1. The Hall–Kier alpha value is -0.610. The van der Waals surface area contributed by atoms with Crippen molar-refractivity contribution in [2.45, 2.75) is 19.3 Å². The topological polar surface area (TPSA) is 35.2 Å². The molecular formula is C12H15BrFNO. The quantitative estimate of drug-likeness (QED) is 0.903. The molecule has 0 bridgehead atoms. The van der Waals surface area contributed by atoms with E-state index < -0.39 is 0 Å². The average molecular weight is 288 g/mol. The SMILES string of the molecule is NCCC1(COc2cc(Br)ccc2F)CC1. The van der Waals surface area contributed by atoms with Gasteiger partial charge in [-0.25, -0.2) is 4.39 Å². The molecule has 1 aliphatic carbocycles. The van der Waals surface area contributed by atoms with Crippen molar-refractivity contribution in [3.63, 3.8) is 0 Å². The van der Waals surface area contributed by atoms with Gasteiger partial charge in [-0.1, -0.05) is 15.9 Å². The molecule has 2 nitrogen and oxygen atoms in total. The average Bonchev–Trinajstić information content (AvgIpc) is 3.01. The third-order valence-corrected chi connectivity index (χ3v) is 3.55. The molecule has 1 aromatic carbocycles. The molecule has 0 amide bonds. The van der Waals surface area contributed by atoms with E-state index in [1.165, 1.54) is 6.07 Å². The molecule has 88 valence electrons. The van der Waals surface area contributed by atoms with Gasteiger partial charge in [-0.05, 0) is 44.0 Å². The summed E-state index contributed by atoms with van der Waals surface area (Å²) in [4.78, 5) is 0. The Morgan fingerprint density at radius 2 is 2.19 bits per heavy atom. The molecule has 0 heterocycles. The Labute approximate surface area is 103 Å². The summed E-state index contributed by atoms with van der Waals surface area (Å²) in [6, 6.07) is 4.73. The number of nitrogens with two attached hydrogens (primary N) is 1. The van der Waals surface area contributed by atoms with Crippen molar-refractivity contribution in [1.29, 1.82) is 0 Å². The van der Waals surface area contributed by atoms with Crippen LogP contribution in [0.5, 0.6) is 5.75 Å². The first-order chi connectivity index (χ1) is 7.65. The van der Waals surface area contributed by atoms with Crippen molar-refractivity contribution in [3.05, 3.63) is 28.5 Å². The van der Waals surface area contributed by atoms with Crippen LogP contribution in [0.25, 0.3) is 0 Å². The highest BCUT2D eigenvalue weighted by Gasteiger charge is 2.42. The zero-order chi connectivity index (χ0) is 11.6. The molecule has 1 aromatic rings. The summed E-state index contributed by atoms with van der Waals surface area (Å²) in [7, 11) is 0. The van der Waals surface area contributed by atoms with E-state index in [9.17, 15) is 4.39 Å². The Kier molecular flexibility index (Phi) is 3.50. The fraction of sp³-hybridized carbons (Fsp3) is 0.500. The van der Waals surface area contributed by atoms with Crippen molar-refractivity contribution in [2.24, 2.45) is 11.1 Å². The first-order valence-corrected chi connectivity index (χ1v) is 6.22. The summed E-state index contributed by atoms with van der Waals surface area (Å²) < 4.78 is 19.7. The molecule has 0 saturated heterocycles. The number of hydrogen-bond donors (Lipinski definition) is 1. The zero-order valence-electron chi connectivity index (χ0n) is 9.01. The van der Waals surface area contributed by atoms with Crippen molar-refractivity contribution in [3.8, 4) is 5.75 Å². The summed E-state index contributed by atoms with van der Waals surface area (Å²) in [5, 5.41) is 0. The van der Waals surface area contributed by atoms with Gasteiger partial charge in [-0.3, -0.25) is 0 Å². The molecule has 16 heavy (non-hydrogen) atoms. The molecule has 1 saturated carbocycles. The van der Waals surface area contributed by atoms with E-state index in [4.69, 9.17) is 10.5 Å². The standard InChI is InChI=1S/C12H15BrFNO/c13-9-1-2-10(14)11(7-9)16-8-12(3-4-12)5-6-15/h1-2,7H,3-6,8,15H2. The molecule has 0 atom stereocenters. The Morgan fingerprint density at radius 3 is 2.81 bits per heavy atom. The predicted molar refractivity (Wildman–Crippen MR) is 64.9 cm³/mol. The highest BCUT2D eigenvalue weighted by Crippen LogP contribution is 2.48. The molecule has 2 rings (SSSR count). The van der Waals surface area contributed by atoms with Crippen LogP contribution >= 0.6 is 15.9 Å². The van der Waals surface area contributed by atoms with Crippen molar-refractivity contribution < 1.29 is 9.13 Å². The van der Waals surface area contributed by atoms with E-state index in [0.29, 0.717) is 18.9 Å². The zero-order valence-corrected chi connectivity index (χ0v) is 10.6. The number of rotatable bonds is 5. The minimum atomic E-state index is -0.313. The van der Waals surface area contributed by atoms with Crippen LogP contribution in [0.1, 0.15) is 19.3 Å². The van der Waals surface area contributed by atoms with Crippen molar-refractivity contribution >= 4 is 15.9 Å². The third kappa shape index (κ3) is 2.74. The van der Waals surface area contributed by atoms with E-state index in [-0.39, 0.29) is 11.2 Å². The van der Waals surface area contributed by atoms with Gasteiger partial charge >= 0.3 is 0 Å². The lowest BCUT2D eigenvalue weighted by atomic mass is 10.0. The summed E-state index contributed by atoms with van der Waals surface area (Å²) in [6.45, 7) is 1.24. The van der Waals surface area contributed by atoms with Gasteiger partial charge in [0.15, 0.2) is 11.6 Å². The highest BCUT2D eigenvalue weighted by atomic mass is 79.9. The van der Waals surface area contributed by atoms with Crippen LogP contribution in [0.15, 0.2) is 22.7 Å². The van der Waals surface area contributed by atoms with E-state index in [1.54, 1.807) is 12.1 Å². The van der Waals surface area contributed by atoms with Gasteiger partial charge in [0.1, 0.15) is 0 Å². The second kappa shape index (κ2) is 4.72. The normalized spacial score (nSPS) is 17.2. The van der Waals surface area contributed by atoms with Crippen molar-refractivity contribution in [1.82, 2.24) is 0 Å². The fourth-order valence-electron chi connectivity index (χ4n) is 1.77. The lowest BCUT2D eigenvalue weighted by Crippen LogP contribution is -2.17. The maximum atomic E-state index is 13.4. The Morgan fingerprint density at radius 1 is 1.44 bits per heavy atom. The summed E-state index contributed by atoms with van der Waals surface area (Å²) in [6.07, 6.45) is 3.24. The molecule has 0 radical (unpaired) electrons. The lowest BCUT2D eigenvalue weighted by molar-refractivity contribution is 0.218. The highest BCUT2D eigenvalue weighted by molar-refractivity contribution is 9.10. The van der Waals surface area contributed by atoms with Crippen LogP contribution in [0.4, 0.5) is 4.39 Å². The van der Waals surface area contributed by atoms with Crippen LogP contribution < -0.4 is 10.5 Å². The third-order valence-electron chi connectivity index (χ3n) is 3.06. The molecule has 4 heteroatoms. The number of benzene rings is 1. The van der Waals surface area contributed by atoms with Gasteiger partial charge in [0.25, 0.3) is 0 Å². The maximum absolute atomic E-state index is 13.4. The van der Waals surface area contributed by atoms with E-state index in [0.717, 1.165) is 23.7 Å². The largest absolute Gasteiger partial charge is 0.490 e. The summed E-state index contributed by atoms with van der Waals surface area (Å²) in [5.41, 5.74) is 5.75. The number of halogens is 2. The van der Waals surface area contributed by atoms with Crippen LogP contribution in [0.2, 0.25) is 0 Å². The van der Waals surface area contributed by atoms with E-state index in [2.05, 4.69) is 15.9 Å². The minimum absolute atomic E-state index is 0.212. The Balaban J connectivity index is 1.97. The second-order valence-electron chi connectivity index (χ2n) is 4.40. The Bertz CT molecular complexity index is 379. The van der Waals surface area contributed by atoms with E-state index >= 15 is 0 Å². The first kappa shape index (κ1) is 11.9. The van der Waals surface area contributed by atoms with Crippen LogP contribution in [0, 0.1) is 11.2 Å². The molecule has 0 aliphatic heterocycles. The monoisotopic (exact) mass is 287 g/mol.